The second kappa shape index (κ2) is 7.45. The number of carbonyl (C=O) groups is 2. The lowest BCUT2D eigenvalue weighted by Gasteiger charge is -2.33. The van der Waals surface area contributed by atoms with Gasteiger partial charge in [0.2, 0.25) is 5.91 Å². The van der Waals surface area contributed by atoms with Crippen LogP contribution in [-0.4, -0.2) is 47.8 Å². The summed E-state index contributed by atoms with van der Waals surface area (Å²) in [5, 5.41) is 0. The summed E-state index contributed by atoms with van der Waals surface area (Å²) >= 11 is 0. The Labute approximate surface area is 160 Å². The second-order valence-corrected chi connectivity index (χ2v) is 8.33. The standard InChI is InChI=1S/C22H27FN2O2/c1-15-2-3-18-13-25(14-19(18)12-15)22(27)17-8-10-24(11-9-17)21(26)16-4-6-20(23)7-5-16/h2,4-7,17-19H,3,8-14H2,1H3/t18-,19+/m0/s1. The molecular weight excluding hydrogens is 343 g/mol. The van der Waals surface area contributed by atoms with Crippen molar-refractivity contribution in [3.8, 4) is 0 Å². The zero-order valence-corrected chi connectivity index (χ0v) is 15.9. The molecule has 2 saturated heterocycles. The molecule has 2 fully saturated rings. The normalized spacial score (nSPS) is 25.9. The van der Waals surface area contributed by atoms with Gasteiger partial charge >= 0.3 is 0 Å². The van der Waals surface area contributed by atoms with E-state index in [9.17, 15) is 14.0 Å². The van der Waals surface area contributed by atoms with E-state index in [1.54, 1.807) is 4.90 Å². The van der Waals surface area contributed by atoms with Gasteiger partial charge in [-0.25, -0.2) is 4.39 Å². The molecule has 4 rings (SSSR count). The molecule has 0 N–H and O–H groups in total. The molecule has 2 atom stereocenters. The fraction of sp³-hybridized carbons (Fsp3) is 0.545. The summed E-state index contributed by atoms with van der Waals surface area (Å²) in [4.78, 5) is 29.4. The number of fused-ring (bicyclic) bond motifs is 1. The van der Waals surface area contributed by atoms with Gasteiger partial charge in [0.05, 0.1) is 0 Å². The van der Waals surface area contributed by atoms with E-state index in [1.165, 1.54) is 29.8 Å². The molecule has 144 valence electrons. The summed E-state index contributed by atoms with van der Waals surface area (Å²) in [6.45, 7) is 5.15. The molecule has 0 aromatic heterocycles. The highest BCUT2D eigenvalue weighted by Crippen LogP contribution is 2.36. The SMILES string of the molecule is CC1=CC[C@H]2CN(C(=O)C3CCN(C(=O)c4ccc(F)cc4)CC3)C[C@H]2C1. The number of hydrogen-bond donors (Lipinski definition) is 0. The Morgan fingerprint density at radius 3 is 2.37 bits per heavy atom. The number of halogens is 1. The summed E-state index contributed by atoms with van der Waals surface area (Å²) in [6.07, 6.45) is 5.99. The molecule has 0 saturated carbocycles. The Kier molecular flexibility index (Phi) is 5.02. The number of allylic oxidation sites excluding steroid dienone is 2. The Morgan fingerprint density at radius 2 is 1.67 bits per heavy atom. The minimum atomic E-state index is -0.340. The highest BCUT2D eigenvalue weighted by atomic mass is 19.1. The number of rotatable bonds is 2. The predicted molar refractivity (Wildman–Crippen MR) is 102 cm³/mol. The third kappa shape index (κ3) is 3.78. The van der Waals surface area contributed by atoms with E-state index in [2.05, 4.69) is 17.9 Å². The van der Waals surface area contributed by atoms with E-state index < -0.39 is 0 Å². The predicted octanol–water partition coefficient (Wildman–Crippen LogP) is 3.49. The number of nitrogens with zero attached hydrogens (tertiary/aromatic N) is 2. The third-order valence-corrected chi connectivity index (χ3v) is 6.46. The molecule has 0 radical (unpaired) electrons. The first-order valence-electron chi connectivity index (χ1n) is 10.0. The maximum atomic E-state index is 13.0. The van der Waals surface area contributed by atoms with Gasteiger partial charge in [-0.05, 0) is 68.7 Å². The summed E-state index contributed by atoms with van der Waals surface area (Å²) < 4.78 is 13.0. The van der Waals surface area contributed by atoms with Crippen LogP contribution in [-0.2, 0) is 4.79 Å². The molecule has 0 spiro atoms. The Balaban J connectivity index is 1.31. The Morgan fingerprint density at radius 1 is 1.00 bits per heavy atom. The molecule has 1 aromatic carbocycles. The summed E-state index contributed by atoms with van der Waals surface area (Å²) in [5.41, 5.74) is 1.96. The quantitative estimate of drug-likeness (QED) is 0.748. The van der Waals surface area contributed by atoms with Crippen molar-refractivity contribution in [1.82, 2.24) is 9.80 Å². The Hall–Kier alpha value is -2.17. The highest BCUT2D eigenvalue weighted by molar-refractivity contribution is 5.94. The fourth-order valence-electron chi connectivity index (χ4n) is 4.83. The van der Waals surface area contributed by atoms with E-state index in [0.29, 0.717) is 30.5 Å². The maximum Gasteiger partial charge on any atom is 0.253 e. The first-order valence-corrected chi connectivity index (χ1v) is 10.0. The summed E-state index contributed by atoms with van der Waals surface area (Å²) in [6, 6.07) is 5.67. The van der Waals surface area contributed by atoms with E-state index in [-0.39, 0.29) is 23.5 Å². The highest BCUT2D eigenvalue weighted by Gasteiger charge is 2.39. The number of hydrogen-bond acceptors (Lipinski definition) is 2. The number of amides is 2. The van der Waals surface area contributed by atoms with Crippen molar-refractivity contribution in [2.75, 3.05) is 26.2 Å². The number of likely N-dealkylation sites (tertiary alicyclic amines) is 2. The van der Waals surface area contributed by atoms with Gasteiger partial charge in [-0.2, -0.15) is 0 Å². The molecule has 5 heteroatoms. The van der Waals surface area contributed by atoms with Crippen LogP contribution in [0.15, 0.2) is 35.9 Å². The second-order valence-electron chi connectivity index (χ2n) is 8.33. The van der Waals surface area contributed by atoms with E-state index in [4.69, 9.17) is 0 Å². The van der Waals surface area contributed by atoms with Crippen LogP contribution in [0, 0.1) is 23.6 Å². The van der Waals surface area contributed by atoms with Gasteiger partial charge in [-0.3, -0.25) is 9.59 Å². The van der Waals surface area contributed by atoms with Crippen molar-refractivity contribution < 1.29 is 14.0 Å². The van der Waals surface area contributed by atoms with E-state index >= 15 is 0 Å². The smallest absolute Gasteiger partial charge is 0.253 e. The minimum absolute atomic E-state index is 0.0245. The largest absolute Gasteiger partial charge is 0.342 e. The number of benzene rings is 1. The number of piperidine rings is 1. The average Bonchev–Trinajstić information content (AvgIpc) is 3.11. The first-order chi connectivity index (χ1) is 13.0. The van der Waals surface area contributed by atoms with Crippen molar-refractivity contribution in [2.45, 2.75) is 32.6 Å². The fourth-order valence-corrected chi connectivity index (χ4v) is 4.83. The van der Waals surface area contributed by atoms with Crippen LogP contribution in [0.1, 0.15) is 43.0 Å². The third-order valence-electron chi connectivity index (χ3n) is 6.46. The van der Waals surface area contributed by atoms with Crippen molar-refractivity contribution in [1.29, 1.82) is 0 Å². The van der Waals surface area contributed by atoms with Crippen LogP contribution >= 0.6 is 0 Å². The van der Waals surface area contributed by atoms with Crippen LogP contribution in [0.4, 0.5) is 4.39 Å². The lowest BCUT2D eigenvalue weighted by Crippen LogP contribution is -2.44. The van der Waals surface area contributed by atoms with E-state index in [0.717, 1.165) is 38.8 Å². The van der Waals surface area contributed by atoms with Gasteiger partial charge in [0.15, 0.2) is 0 Å². The molecule has 3 aliphatic rings. The molecule has 0 bridgehead atoms. The maximum absolute atomic E-state index is 13.0. The van der Waals surface area contributed by atoms with Crippen molar-refractivity contribution >= 4 is 11.8 Å². The molecule has 2 amide bonds. The molecule has 0 unspecified atom stereocenters. The lowest BCUT2D eigenvalue weighted by atomic mass is 9.83. The first kappa shape index (κ1) is 18.2. The van der Waals surface area contributed by atoms with Crippen molar-refractivity contribution in [2.24, 2.45) is 17.8 Å². The van der Waals surface area contributed by atoms with Gasteiger partial charge in [-0.1, -0.05) is 11.6 Å². The van der Waals surface area contributed by atoms with Gasteiger partial charge in [-0.15, -0.1) is 0 Å². The molecular formula is C22H27FN2O2. The summed E-state index contributed by atoms with van der Waals surface area (Å²) in [5.74, 6) is 1.13. The topological polar surface area (TPSA) is 40.6 Å². The van der Waals surface area contributed by atoms with Crippen LogP contribution in [0.25, 0.3) is 0 Å². The molecule has 2 heterocycles. The molecule has 1 aromatic rings. The average molecular weight is 370 g/mol. The number of carbonyl (C=O) groups excluding carboxylic acids is 2. The van der Waals surface area contributed by atoms with E-state index in [1.807, 2.05) is 0 Å². The molecule has 2 aliphatic heterocycles. The van der Waals surface area contributed by atoms with Crippen LogP contribution < -0.4 is 0 Å². The minimum Gasteiger partial charge on any atom is -0.342 e. The van der Waals surface area contributed by atoms with Gasteiger partial charge in [0.1, 0.15) is 5.82 Å². The molecule has 1 aliphatic carbocycles. The zero-order chi connectivity index (χ0) is 19.0. The molecule has 4 nitrogen and oxygen atoms in total. The van der Waals surface area contributed by atoms with Crippen molar-refractivity contribution in [3.05, 3.63) is 47.3 Å². The zero-order valence-electron chi connectivity index (χ0n) is 15.9. The lowest BCUT2D eigenvalue weighted by molar-refractivity contribution is -0.136. The van der Waals surface area contributed by atoms with Gasteiger partial charge in [0, 0.05) is 37.7 Å². The summed E-state index contributed by atoms with van der Waals surface area (Å²) in [7, 11) is 0. The Bertz CT molecular complexity index is 750. The molecule has 27 heavy (non-hydrogen) atoms. The van der Waals surface area contributed by atoms with Gasteiger partial charge in [0.25, 0.3) is 5.91 Å². The van der Waals surface area contributed by atoms with Crippen LogP contribution in [0.2, 0.25) is 0 Å². The van der Waals surface area contributed by atoms with Crippen molar-refractivity contribution in [3.63, 3.8) is 0 Å². The van der Waals surface area contributed by atoms with Gasteiger partial charge < -0.3 is 9.80 Å². The van der Waals surface area contributed by atoms with Crippen LogP contribution in [0.5, 0.6) is 0 Å². The monoisotopic (exact) mass is 370 g/mol. The van der Waals surface area contributed by atoms with Crippen LogP contribution in [0.3, 0.4) is 0 Å².